The van der Waals surface area contributed by atoms with Crippen LogP contribution in [0.1, 0.15) is 18.4 Å². The van der Waals surface area contributed by atoms with Crippen LogP contribution in [0.15, 0.2) is 54.9 Å². The van der Waals surface area contributed by atoms with Crippen LogP contribution >= 0.6 is 11.6 Å². The fourth-order valence-corrected chi connectivity index (χ4v) is 5.03. The van der Waals surface area contributed by atoms with Gasteiger partial charge in [-0.2, -0.15) is 0 Å². The third-order valence-electron chi connectivity index (χ3n) is 6.89. The van der Waals surface area contributed by atoms with E-state index in [-0.39, 0.29) is 5.02 Å². The summed E-state index contributed by atoms with van der Waals surface area (Å²) < 4.78 is 30.8. The zero-order valence-electron chi connectivity index (χ0n) is 22.1. The number of methoxy groups -OCH3 is 3. The SMILES string of the molecule is COc1cc2ncnc(N(Cc3ccc(OC)c(OC)c3)c3ccc(F)c(Cl)c3)c2cc1NC1CCNCC1. The van der Waals surface area contributed by atoms with Crippen LogP contribution in [0.25, 0.3) is 10.9 Å². The van der Waals surface area contributed by atoms with E-state index in [2.05, 4.69) is 15.6 Å². The normalized spacial score (nSPS) is 13.8. The fraction of sp³-hybridized carbons (Fsp3) is 0.310. The molecule has 1 saturated heterocycles. The van der Waals surface area contributed by atoms with Crippen molar-refractivity contribution in [2.24, 2.45) is 0 Å². The van der Waals surface area contributed by atoms with Crippen molar-refractivity contribution in [2.75, 3.05) is 44.6 Å². The maximum atomic E-state index is 14.2. The number of hydrogen-bond acceptors (Lipinski definition) is 8. The molecule has 5 rings (SSSR count). The van der Waals surface area contributed by atoms with Gasteiger partial charge in [0.1, 0.15) is 23.7 Å². The monoisotopic (exact) mass is 551 g/mol. The van der Waals surface area contributed by atoms with Gasteiger partial charge in [-0.25, -0.2) is 14.4 Å². The molecule has 10 heteroatoms. The number of nitrogens with zero attached hydrogens (tertiary/aromatic N) is 3. The largest absolute Gasteiger partial charge is 0.495 e. The van der Waals surface area contributed by atoms with Gasteiger partial charge in [-0.15, -0.1) is 0 Å². The Kier molecular flexibility index (Phi) is 8.18. The van der Waals surface area contributed by atoms with Gasteiger partial charge in [-0.05, 0) is 67.9 Å². The van der Waals surface area contributed by atoms with Crippen LogP contribution < -0.4 is 29.7 Å². The average Bonchev–Trinajstić information content (AvgIpc) is 2.97. The lowest BCUT2D eigenvalue weighted by Gasteiger charge is -2.27. The zero-order chi connectivity index (χ0) is 27.4. The van der Waals surface area contributed by atoms with E-state index in [1.807, 2.05) is 35.2 Å². The van der Waals surface area contributed by atoms with Crippen molar-refractivity contribution >= 4 is 39.7 Å². The minimum Gasteiger partial charge on any atom is -0.495 e. The van der Waals surface area contributed by atoms with Crippen molar-refractivity contribution < 1.29 is 18.6 Å². The lowest BCUT2D eigenvalue weighted by atomic mass is 10.1. The van der Waals surface area contributed by atoms with Gasteiger partial charge in [0.15, 0.2) is 11.5 Å². The van der Waals surface area contributed by atoms with Crippen LogP contribution in [0.3, 0.4) is 0 Å². The van der Waals surface area contributed by atoms with Gasteiger partial charge >= 0.3 is 0 Å². The highest BCUT2D eigenvalue weighted by atomic mass is 35.5. The molecule has 1 aliphatic heterocycles. The molecule has 0 radical (unpaired) electrons. The van der Waals surface area contributed by atoms with E-state index in [4.69, 9.17) is 30.8 Å². The van der Waals surface area contributed by atoms with Gasteiger partial charge in [0.05, 0.1) is 37.6 Å². The summed E-state index contributed by atoms with van der Waals surface area (Å²) in [6, 6.07) is 14.6. The summed E-state index contributed by atoms with van der Waals surface area (Å²) in [4.78, 5) is 11.2. The Hall–Kier alpha value is -3.82. The van der Waals surface area contributed by atoms with Crippen LogP contribution in [0.4, 0.5) is 21.6 Å². The average molecular weight is 552 g/mol. The number of nitrogens with one attached hydrogen (secondary N) is 2. The van der Waals surface area contributed by atoms with Gasteiger partial charge < -0.3 is 29.7 Å². The molecule has 3 aromatic carbocycles. The predicted octanol–water partition coefficient (Wildman–Crippen LogP) is 5.95. The maximum absolute atomic E-state index is 14.2. The maximum Gasteiger partial charge on any atom is 0.161 e. The van der Waals surface area contributed by atoms with E-state index >= 15 is 0 Å². The number of hydrogen-bond donors (Lipinski definition) is 2. The summed E-state index contributed by atoms with van der Waals surface area (Å²) >= 11 is 6.22. The van der Waals surface area contributed by atoms with Gasteiger partial charge in [-0.1, -0.05) is 17.7 Å². The number of ether oxygens (including phenoxy) is 3. The summed E-state index contributed by atoms with van der Waals surface area (Å²) in [7, 11) is 4.85. The van der Waals surface area contributed by atoms with Crippen molar-refractivity contribution in [3.63, 3.8) is 0 Å². The molecule has 0 bridgehead atoms. The van der Waals surface area contributed by atoms with Crippen molar-refractivity contribution in [2.45, 2.75) is 25.4 Å². The molecule has 0 atom stereocenters. The lowest BCUT2D eigenvalue weighted by molar-refractivity contribution is 0.354. The van der Waals surface area contributed by atoms with Crippen molar-refractivity contribution in [3.05, 3.63) is 71.3 Å². The lowest BCUT2D eigenvalue weighted by Crippen LogP contribution is -2.35. The molecule has 1 aromatic heterocycles. The van der Waals surface area contributed by atoms with E-state index in [0.717, 1.165) is 48.1 Å². The Labute approximate surface area is 232 Å². The molecular formula is C29H31ClFN5O3. The molecule has 2 N–H and O–H groups in total. The summed E-state index contributed by atoms with van der Waals surface area (Å²) in [6.07, 6.45) is 3.54. The molecule has 4 aromatic rings. The summed E-state index contributed by atoms with van der Waals surface area (Å²) in [5.74, 6) is 2.11. The summed E-state index contributed by atoms with van der Waals surface area (Å²) in [6.45, 7) is 2.33. The molecule has 1 aliphatic rings. The highest BCUT2D eigenvalue weighted by Gasteiger charge is 2.21. The number of rotatable bonds is 9. The standard InChI is InChI=1S/C29H31ClFN5O3/c1-37-26-7-4-18(12-28(26)39-3)16-36(20-5-6-23(31)22(30)13-20)29-21-14-25(35-19-8-10-32-11-9-19)27(38-2)15-24(21)33-17-34-29/h4-7,12-15,17,19,32,35H,8-11,16H2,1-3H3. The topological polar surface area (TPSA) is 80.8 Å². The van der Waals surface area contributed by atoms with Gasteiger partial charge in [-0.3, -0.25) is 0 Å². The van der Waals surface area contributed by atoms with Crippen LogP contribution in [0.2, 0.25) is 5.02 Å². The van der Waals surface area contributed by atoms with Crippen LogP contribution in [-0.4, -0.2) is 50.4 Å². The first-order valence-electron chi connectivity index (χ1n) is 12.7. The third kappa shape index (κ3) is 5.79. The molecule has 8 nitrogen and oxygen atoms in total. The second-order valence-electron chi connectivity index (χ2n) is 9.31. The molecule has 0 unspecified atom stereocenters. The number of anilines is 3. The molecule has 0 saturated carbocycles. The minimum absolute atomic E-state index is 0.0260. The van der Waals surface area contributed by atoms with Crippen LogP contribution in [0.5, 0.6) is 17.2 Å². The Balaban J connectivity index is 1.63. The van der Waals surface area contributed by atoms with E-state index < -0.39 is 5.82 Å². The number of piperidine rings is 1. The van der Waals surface area contributed by atoms with E-state index in [0.29, 0.717) is 41.3 Å². The van der Waals surface area contributed by atoms with Crippen molar-refractivity contribution in [1.29, 1.82) is 0 Å². The van der Waals surface area contributed by atoms with E-state index in [1.165, 1.54) is 12.4 Å². The molecular weight excluding hydrogens is 521 g/mol. The first-order chi connectivity index (χ1) is 19.0. The van der Waals surface area contributed by atoms with Crippen LogP contribution in [0, 0.1) is 5.82 Å². The molecule has 2 heterocycles. The van der Waals surface area contributed by atoms with Crippen molar-refractivity contribution in [3.8, 4) is 17.2 Å². The fourth-order valence-electron chi connectivity index (χ4n) is 4.86. The second-order valence-corrected chi connectivity index (χ2v) is 9.72. The van der Waals surface area contributed by atoms with E-state index in [9.17, 15) is 4.39 Å². The number of benzene rings is 3. The predicted molar refractivity (Wildman–Crippen MR) is 152 cm³/mol. The smallest absolute Gasteiger partial charge is 0.161 e. The summed E-state index contributed by atoms with van der Waals surface area (Å²) in [5.41, 5.74) is 3.20. The quantitative estimate of drug-likeness (QED) is 0.264. The van der Waals surface area contributed by atoms with Crippen molar-refractivity contribution in [1.82, 2.24) is 15.3 Å². The summed E-state index contributed by atoms with van der Waals surface area (Å²) in [5, 5.41) is 7.89. The molecule has 204 valence electrons. The second kappa shape index (κ2) is 11.9. The van der Waals surface area contributed by atoms with Gasteiger partial charge in [0.2, 0.25) is 0 Å². The van der Waals surface area contributed by atoms with E-state index in [1.54, 1.807) is 33.5 Å². The molecule has 0 amide bonds. The Morgan fingerprint density at radius 1 is 0.949 bits per heavy atom. The first kappa shape index (κ1) is 26.8. The minimum atomic E-state index is -0.489. The first-order valence-corrected chi connectivity index (χ1v) is 13.1. The van der Waals surface area contributed by atoms with Gasteiger partial charge in [0.25, 0.3) is 0 Å². The molecule has 1 fully saturated rings. The number of aromatic nitrogens is 2. The number of fused-ring (bicyclic) bond motifs is 1. The Morgan fingerprint density at radius 2 is 1.72 bits per heavy atom. The van der Waals surface area contributed by atoms with Crippen LogP contribution in [-0.2, 0) is 6.54 Å². The zero-order valence-corrected chi connectivity index (χ0v) is 22.9. The molecule has 39 heavy (non-hydrogen) atoms. The highest BCUT2D eigenvalue weighted by molar-refractivity contribution is 6.31. The Morgan fingerprint density at radius 3 is 2.44 bits per heavy atom. The third-order valence-corrected chi connectivity index (χ3v) is 7.18. The molecule has 0 aliphatic carbocycles. The highest BCUT2D eigenvalue weighted by Crippen LogP contribution is 2.38. The Bertz CT molecular complexity index is 1460. The number of halogens is 2. The molecule has 0 spiro atoms. The van der Waals surface area contributed by atoms with Gasteiger partial charge in [0, 0.05) is 29.7 Å².